The zero-order valence-corrected chi connectivity index (χ0v) is 24.2. The SMILES string of the molecule is CC(C)c1cc(C(C)C)c(-c2ccccc2P2C3(C)CC4(C)OC(C)(CC2(C)O4)O3)c(C(C)C)c1. The van der Waals surface area contributed by atoms with E-state index in [1.165, 1.54) is 33.1 Å². The Labute approximate surface area is 213 Å². The fourth-order valence-electron chi connectivity index (χ4n) is 7.24. The fraction of sp³-hybridized carbons (Fsp3) is 0.613. The molecule has 4 atom stereocenters. The number of ether oxygens (including phenoxy) is 3. The molecule has 2 aromatic rings. The van der Waals surface area contributed by atoms with Gasteiger partial charge in [0.25, 0.3) is 0 Å². The second kappa shape index (κ2) is 8.12. The molecule has 0 aromatic heterocycles. The largest absolute Gasteiger partial charge is 0.339 e. The Bertz CT molecular complexity index is 1080. The predicted molar refractivity (Wildman–Crippen MR) is 147 cm³/mol. The lowest BCUT2D eigenvalue weighted by Crippen LogP contribution is -2.72. The molecule has 4 bridgehead atoms. The molecule has 0 spiro atoms. The molecular weight excluding hydrogens is 451 g/mol. The van der Waals surface area contributed by atoms with Crippen LogP contribution in [-0.2, 0) is 14.2 Å². The van der Waals surface area contributed by atoms with E-state index in [9.17, 15) is 0 Å². The van der Waals surface area contributed by atoms with Crippen molar-refractivity contribution in [1.82, 2.24) is 0 Å². The molecular formula is C31H43O3P. The first-order valence-corrected chi connectivity index (χ1v) is 14.7. The number of benzene rings is 2. The molecule has 4 aliphatic heterocycles. The van der Waals surface area contributed by atoms with Crippen molar-refractivity contribution in [2.75, 3.05) is 0 Å². The minimum atomic E-state index is -0.781. The van der Waals surface area contributed by atoms with E-state index in [0.717, 1.165) is 12.8 Å². The summed E-state index contributed by atoms with van der Waals surface area (Å²) in [5, 5.41) is 0.804. The van der Waals surface area contributed by atoms with Crippen molar-refractivity contribution >= 4 is 13.2 Å². The van der Waals surface area contributed by atoms with Crippen LogP contribution in [0.5, 0.6) is 0 Å². The van der Waals surface area contributed by atoms with E-state index in [-0.39, 0.29) is 10.7 Å². The van der Waals surface area contributed by atoms with Gasteiger partial charge in [-0.3, -0.25) is 0 Å². The zero-order valence-electron chi connectivity index (χ0n) is 23.3. The van der Waals surface area contributed by atoms with Gasteiger partial charge in [0, 0.05) is 12.8 Å². The van der Waals surface area contributed by atoms with Gasteiger partial charge in [0.05, 0.1) is 10.7 Å². The minimum absolute atomic E-state index is 0.299. The molecule has 35 heavy (non-hydrogen) atoms. The third kappa shape index (κ3) is 4.02. The summed E-state index contributed by atoms with van der Waals surface area (Å²) in [6.45, 7) is 22.7. The van der Waals surface area contributed by atoms with E-state index < -0.39 is 19.5 Å². The van der Waals surface area contributed by atoms with Crippen molar-refractivity contribution in [3.63, 3.8) is 0 Å². The predicted octanol–water partition coefficient (Wildman–Crippen LogP) is 8.57. The molecule has 4 fully saturated rings. The fourth-order valence-corrected chi connectivity index (χ4v) is 11.4. The van der Waals surface area contributed by atoms with Crippen LogP contribution >= 0.6 is 7.92 Å². The summed E-state index contributed by atoms with van der Waals surface area (Å²) in [6.07, 6.45) is 1.51. The first-order chi connectivity index (χ1) is 16.2. The summed E-state index contributed by atoms with van der Waals surface area (Å²) in [5.41, 5.74) is 7.12. The molecule has 0 amide bonds. The number of hydrogen-bond donors (Lipinski definition) is 0. The lowest BCUT2D eigenvalue weighted by molar-refractivity contribution is -0.467. The summed E-state index contributed by atoms with van der Waals surface area (Å²) < 4.78 is 20.0. The Morgan fingerprint density at radius 2 is 1.17 bits per heavy atom. The molecule has 0 N–H and O–H groups in total. The van der Waals surface area contributed by atoms with Gasteiger partial charge in [0.1, 0.15) is 0 Å². The monoisotopic (exact) mass is 494 g/mol. The lowest BCUT2D eigenvalue weighted by atomic mass is 9.82. The molecule has 4 unspecified atom stereocenters. The van der Waals surface area contributed by atoms with Crippen molar-refractivity contribution in [2.45, 2.75) is 122 Å². The van der Waals surface area contributed by atoms with Crippen LogP contribution < -0.4 is 5.30 Å². The highest BCUT2D eigenvalue weighted by Crippen LogP contribution is 2.76. The molecule has 190 valence electrons. The average Bonchev–Trinajstić information content (AvgIpc) is 2.69. The van der Waals surface area contributed by atoms with E-state index in [0.29, 0.717) is 17.8 Å². The summed E-state index contributed by atoms with van der Waals surface area (Å²) in [4.78, 5) is 0. The Balaban J connectivity index is 1.75. The first-order valence-electron chi connectivity index (χ1n) is 13.4. The molecule has 0 saturated carbocycles. The standard InChI is InChI=1S/C31H43O3P/c1-19(2)22-15-24(20(3)4)27(25(16-22)21(5)6)23-13-11-12-14-26(23)35-30(9)17-28(7)32-29(8,34-30)18-31(35,10)33-28/h11-16,19-21H,17-18H2,1-10H3. The van der Waals surface area contributed by atoms with Gasteiger partial charge in [-0.25, -0.2) is 0 Å². The maximum Gasteiger partial charge on any atom is 0.173 e. The number of hydrogen-bond acceptors (Lipinski definition) is 3. The Hall–Kier alpha value is -1.25. The van der Waals surface area contributed by atoms with Gasteiger partial charge < -0.3 is 14.2 Å². The van der Waals surface area contributed by atoms with E-state index in [1.54, 1.807) is 0 Å². The van der Waals surface area contributed by atoms with E-state index in [4.69, 9.17) is 14.2 Å². The second-order valence-corrected chi connectivity index (χ2v) is 15.7. The average molecular weight is 495 g/mol. The quantitative estimate of drug-likeness (QED) is 0.390. The van der Waals surface area contributed by atoms with E-state index in [2.05, 4.69) is 106 Å². The van der Waals surface area contributed by atoms with Gasteiger partial charge in [0.15, 0.2) is 11.6 Å². The normalized spacial score (nSPS) is 36.1. The van der Waals surface area contributed by atoms with Crippen LogP contribution in [0.1, 0.15) is 117 Å². The molecule has 0 aliphatic carbocycles. The lowest BCUT2D eigenvalue weighted by Gasteiger charge is -2.69. The third-order valence-corrected chi connectivity index (χ3v) is 11.4. The number of rotatable bonds is 5. The smallest absolute Gasteiger partial charge is 0.173 e. The highest BCUT2D eigenvalue weighted by molar-refractivity contribution is 7.68. The van der Waals surface area contributed by atoms with Crippen molar-refractivity contribution in [1.29, 1.82) is 0 Å². The molecule has 4 saturated heterocycles. The maximum absolute atomic E-state index is 6.82. The molecule has 4 heteroatoms. The van der Waals surface area contributed by atoms with Gasteiger partial charge in [0.2, 0.25) is 0 Å². The van der Waals surface area contributed by atoms with Gasteiger partial charge >= 0.3 is 0 Å². The van der Waals surface area contributed by atoms with Crippen molar-refractivity contribution < 1.29 is 14.2 Å². The van der Waals surface area contributed by atoms with Crippen LogP contribution in [0.2, 0.25) is 0 Å². The van der Waals surface area contributed by atoms with Crippen LogP contribution in [0.3, 0.4) is 0 Å². The zero-order chi connectivity index (χ0) is 25.6. The molecule has 6 rings (SSSR count). The summed E-state index contributed by atoms with van der Waals surface area (Å²) >= 11 is 0. The highest BCUT2D eigenvalue weighted by Gasteiger charge is 2.71. The summed E-state index contributed by atoms with van der Waals surface area (Å²) in [7, 11) is -0.781. The second-order valence-electron chi connectivity index (χ2n) is 12.7. The topological polar surface area (TPSA) is 27.7 Å². The van der Waals surface area contributed by atoms with Crippen LogP contribution in [0.15, 0.2) is 36.4 Å². The Morgan fingerprint density at radius 1 is 0.686 bits per heavy atom. The van der Waals surface area contributed by atoms with E-state index >= 15 is 0 Å². The minimum Gasteiger partial charge on any atom is -0.339 e. The molecule has 2 aromatic carbocycles. The summed E-state index contributed by atoms with van der Waals surface area (Å²) in [5.74, 6) is 0.196. The van der Waals surface area contributed by atoms with Crippen molar-refractivity contribution in [3.8, 4) is 11.1 Å². The summed E-state index contributed by atoms with van der Waals surface area (Å²) in [6, 6.07) is 14.0. The third-order valence-electron chi connectivity index (χ3n) is 8.09. The Kier molecular flexibility index (Phi) is 5.90. The van der Waals surface area contributed by atoms with E-state index in [1.807, 2.05) is 0 Å². The van der Waals surface area contributed by atoms with Crippen LogP contribution in [0.25, 0.3) is 11.1 Å². The van der Waals surface area contributed by atoms with Crippen LogP contribution in [0.4, 0.5) is 0 Å². The van der Waals surface area contributed by atoms with Crippen molar-refractivity contribution in [3.05, 3.63) is 53.1 Å². The molecule has 0 radical (unpaired) electrons. The highest BCUT2D eigenvalue weighted by atomic mass is 31.1. The van der Waals surface area contributed by atoms with Gasteiger partial charge in [-0.15, -0.1) is 0 Å². The Morgan fingerprint density at radius 3 is 1.63 bits per heavy atom. The first kappa shape index (κ1) is 25.4. The van der Waals surface area contributed by atoms with Gasteiger partial charge in [-0.2, -0.15) is 0 Å². The molecule has 3 nitrogen and oxygen atoms in total. The maximum atomic E-state index is 6.82. The van der Waals surface area contributed by atoms with Gasteiger partial charge in [-0.05, 0) is 86.5 Å². The van der Waals surface area contributed by atoms with Crippen LogP contribution in [0, 0.1) is 0 Å². The van der Waals surface area contributed by atoms with Crippen LogP contribution in [-0.4, -0.2) is 22.3 Å². The van der Waals surface area contributed by atoms with Gasteiger partial charge in [-0.1, -0.05) is 77.9 Å². The molecule has 4 aliphatic rings. The van der Waals surface area contributed by atoms with Crippen molar-refractivity contribution in [2.24, 2.45) is 0 Å². The molecule has 4 heterocycles.